The Bertz CT molecular complexity index is 4.85. The first-order chi connectivity index (χ1) is 1.41. The van der Waals surface area contributed by atoms with Gasteiger partial charge in [-0.25, -0.2) is 0 Å². The van der Waals surface area contributed by atoms with Gasteiger partial charge in [-0.2, -0.15) is 0 Å². The topological polar surface area (TPSA) is 0 Å². The molecule has 5 heavy (non-hydrogen) atoms. The van der Waals surface area contributed by atoms with Crippen molar-refractivity contribution < 1.29 is 59.1 Å². The van der Waals surface area contributed by atoms with Crippen molar-refractivity contribution in [1.82, 2.24) is 0 Å². The summed E-state index contributed by atoms with van der Waals surface area (Å²) >= 11 is 8.25. The van der Waals surface area contributed by atoms with Crippen LogP contribution in [0.25, 0.3) is 0 Å². The molecular weight excluding hydrogens is 142 g/mol. The molecule has 0 rings (SSSR count). The van der Waals surface area contributed by atoms with E-state index in [4.69, 9.17) is 0 Å². The zero-order valence-corrected chi connectivity index (χ0v) is 9.67. The molecule has 0 spiro atoms. The van der Waals surface area contributed by atoms with Crippen LogP contribution in [0.2, 0.25) is 0 Å². The maximum atomic E-state index is 4.12. The number of hydrogen-bond donors (Lipinski definition) is 0. The van der Waals surface area contributed by atoms with E-state index in [0.717, 1.165) is 9.83 Å². The van der Waals surface area contributed by atoms with Gasteiger partial charge in [0.2, 0.25) is 0 Å². The second-order valence-corrected chi connectivity index (χ2v) is 1.84. The maximum absolute atomic E-state index is 4.12. The summed E-state index contributed by atoms with van der Waals surface area (Å²) in [6, 6.07) is 0. The molecule has 0 N–H and O–H groups in total. The van der Waals surface area contributed by atoms with Gasteiger partial charge in [0.15, 0.2) is 0 Å². The largest absolute Gasteiger partial charge is 1.00 e. The van der Waals surface area contributed by atoms with Crippen LogP contribution >= 0.6 is 9.83 Å². The minimum Gasteiger partial charge on any atom is -0.747 e. The van der Waals surface area contributed by atoms with Crippen LogP contribution in [0.1, 0.15) is 0 Å². The summed E-state index contributed by atoms with van der Waals surface area (Å²) in [6.07, 6.45) is 0. The van der Waals surface area contributed by atoms with Crippen molar-refractivity contribution in [3.05, 3.63) is 0 Å². The molecule has 0 heterocycles. The van der Waals surface area contributed by atoms with E-state index in [1.807, 2.05) is 0 Å². The second-order valence-electron chi connectivity index (χ2n) is 0.0680. The van der Waals surface area contributed by atoms with Gasteiger partial charge >= 0.3 is 59.1 Å². The fourth-order valence-corrected chi connectivity index (χ4v) is 0. The van der Waals surface area contributed by atoms with E-state index < -0.39 is 0 Å². The van der Waals surface area contributed by atoms with E-state index >= 15 is 0 Å². The van der Waals surface area contributed by atoms with Crippen molar-refractivity contribution in [2.24, 2.45) is 0 Å². The molecular formula is Na2S3. The van der Waals surface area contributed by atoms with Crippen molar-refractivity contribution in [1.29, 1.82) is 0 Å². The predicted octanol–water partition coefficient (Wildman–Crippen LogP) is -5.35. The minimum absolute atomic E-state index is 0. The third-order valence-corrected chi connectivity index (χ3v) is 0. The van der Waals surface area contributed by atoms with Crippen LogP contribution < -0.4 is 59.1 Å². The first-order valence-corrected chi connectivity index (χ1v) is 3.00. The molecule has 0 aromatic rings. The fraction of sp³-hybridized carbons (Fsp3) is 0. The molecule has 0 amide bonds. The van der Waals surface area contributed by atoms with E-state index in [-0.39, 0.29) is 59.1 Å². The number of rotatable bonds is 0. The molecule has 5 heteroatoms. The molecule has 0 aliphatic carbocycles. The van der Waals surface area contributed by atoms with Crippen LogP contribution in [-0.4, -0.2) is 0 Å². The molecule has 0 aromatic heterocycles. The van der Waals surface area contributed by atoms with E-state index in [9.17, 15) is 0 Å². The third-order valence-electron chi connectivity index (χ3n) is 0. The van der Waals surface area contributed by atoms with Gasteiger partial charge < -0.3 is 33.1 Å². The van der Waals surface area contributed by atoms with Crippen molar-refractivity contribution >= 4 is 33.1 Å². The van der Waals surface area contributed by atoms with Crippen LogP contribution in [0.4, 0.5) is 0 Å². The average Bonchev–Trinajstić information content (AvgIpc) is 0.918. The monoisotopic (exact) mass is 142 g/mol. The Labute approximate surface area is 90.4 Å². The molecule has 0 atom stereocenters. The van der Waals surface area contributed by atoms with Gasteiger partial charge in [0, 0.05) is 0 Å². The molecule has 0 aliphatic rings. The molecule has 0 bridgehead atoms. The average molecular weight is 142 g/mol. The normalized spacial score (nSPS) is 3.60. The summed E-state index contributed by atoms with van der Waals surface area (Å²) < 4.78 is 0. The van der Waals surface area contributed by atoms with E-state index in [1.165, 1.54) is 0 Å². The Balaban J connectivity index is -0.0000000200. The number of hydrogen-bond acceptors (Lipinski definition) is 3. The Morgan fingerprint density at radius 1 is 1.00 bits per heavy atom. The van der Waals surface area contributed by atoms with E-state index in [0.29, 0.717) is 0 Å². The van der Waals surface area contributed by atoms with Gasteiger partial charge in [0.1, 0.15) is 0 Å². The fourth-order valence-electron chi connectivity index (χ4n) is 0. The van der Waals surface area contributed by atoms with E-state index in [2.05, 4.69) is 23.3 Å². The zero-order valence-electron chi connectivity index (χ0n) is 3.22. The van der Waals surface area contributed by atoms with Crippen molar-refractivity contribution in [3.63, 3.8) is 0 Å². The van der Waals surface area contributed by atoms with Crippen molar-refractivity contribution in [2.45, 2.75) is 0 Å². The summed E-state index contributed by atoms with van der Waals surface area (Å²) in [5.41, 5.74) is 0. The zero-order chi connectivity index (χ0) is 2.71. The molecule has 0 nitrogen and oxygen atoms in total. The Hall–Kier alpha value is 3.05. The summed E-state index contributed by atoms with van der Waals surface area (Å²) in [5, 5.41) is 0. The maximum Gasteiger partial charge on any atom is 1.00 e. The van der Waals surface area contributed by atoms with Crippen LogP contribution in [-0.2, 0) is 23.3 Å². The smallest absolute Gasteiger partial charge is 0.747 e. The molecule has 0 saturated heterocycles. The summed E-state index contributed by atoms with van der Waals surface area (Å²) in [6.45, 7) is 0. The van der Waals surface area contributed by atoms with Crippen LogP contribution in [0.3, 0.4) is 0 Å². The molecule has 0 aliphatic heterocycles. The van der Waals surface area contributed by atoms with Gasteiger partial charge in [-0.3, -0.25) is 0 Å². The van der Waals surface area contributed by atoms with Gasteiger partial charge in [0.05, 0.1) is 0 Å². The second kappa shape index (κ2) is 15.7. The van der Waals surface area contributed by atoms with Crippen molar-refractivity contribution in [2.75, 3.05) is 0 Å². The van der Waals surface area contributed by atoms with Crippen LogP contribution in [0.15, 0.2) is 0 Å². The first-order valence-electron chi connectivity index (χ1n) is 0.333. The Kier molecular flexibility index (Phi) is 49.4. The molecule has 0 unspecified atom stereocenters. The quantitative estimate of drug-likeness (QED) is 0.188. The molecule has 0 aromatic carbocycles. The van der Waals surface area contributed by atoms with Crippen LogP contribution in [0, 0.1) is 0 Å². The Morgan fingerprint density at radius 2 is 1.00 bits per heavy atom. The standard InChI is InChI=1S/2Na.H2S3/c;;1-3-2/h;;1-2H/q2*+1;/p-2. The molecule has 0 fully saturated rings. The van der Waals surface area contributed by atoms with Crippen molar-refractivity contribution in [3.8, 4) is 0 Å². The minimum atomic E-state index is 0. The van der Waals surface area contributed by atoms with Gasteiger partial charge in [-0.05, 0) is 0 Å². The van der Waals surface area contributed by atoms with Crippen LogP contribution in [0.5, 0.6) is 0 Å². The summed E-state index contributed by atoms with van der Waals surface area (Å²) in [7, 11) is 0.917. The third kappa shape index (κ3) is 19.3. The van der Waals surface area contributed by atoms with Gasteiger partial charge in [-0.15, -0.1) is 0 Å². The molecule has 0 saturated carbocycles. The first kappa shape index (κ1) is 15.7. The van der Waals surface area contributed by atoms with Gasteiger partial charge in [-0.1, -0.05) is 0 Å². The van der Waals surface area contributed by atoms with Gasteiger partial charge in [0.25, 0.3) is 0 Å². The predicted molar refractivity (Wildman–Crippen MR) is 22.3 cm³/mol. The van der Waals surface area contributed by atoms with E-state index in [1.54, 1.807) is 0 Å². The molecule has 0 radical (unpaired) electrons. The summed E-state index contributed by atoms with van der Waals surface area (Å²) in [5.74, 6) is 0. The molecule has 20 valence electrons. The Morgan fingerprint density at radius 3 is 1.00 bits per heavy atom. The summed E-state index contributed by atoms with van der Waals surface area (Å²) in [4.78, 5) is 0. The SMILES string of the molecule is [Na+].[Na+].[S-]S[S-].